The van der Waals surface area contributed by atoms with Crippen molar-refractivity contribution in [2.24, 2.45) is 0 Å². The fourth-order valence-electron chi connectivity index (χ4n) is 5.07. The molecule has 2 atom stereocenters. The van der Waals surface area contributed by atoms with Crippen molar-refractivity contribution in [2.45, 2.75) is 51.0 Å². The van der Waals surface area contributed by atoms with Crippen LogP contribution in [0.4, 0.5) is 5.82 Å². The number of fused-ring (bicyclic) bond motifs is 1. The Morgan fingerprint density at radius 3 is 2.24 bits per heavy atom. The molecule has 8 heteroatoms. The highest BCUT2D eigenvalue weighted by Crippen LogP contribution is 2.38. The first kappa shape index (κ1) is 22.7. The number of benzene rings is 2. The summed E-state index contributed by atoms with van der Waals surface area (Å²) < 4.78 is 15.5. The van der Waals surface area contributed by atoms with E-state index in [9.17, 15) is 0 Å². The molecule has 34 heavy (non-hydrogen) atoms. The van der Waals surface area contributed by atoms with Crippen LogP contribution in [0.25, 0.3) is 11.2 Å². The summed E-state index contributed by atoms with van der Waals surface area (Å²) in [7, 11) is -2.59. The van der Waals surface area contributed by atoms with Gasteiger partial charge in [-0.05, 0) is 28.3 Å². The predicted molar refractivity (Wildman–Crippen MR) is 136 cm³/mol. The third-order valence-electron chi connectivity index (χ3n) is 6.69. The minimum absolute atomic E-state index is 0.0108. The van der Waals surface area contributed by atoms with Gasteiger partial charge in [0.25, 0.3) is 8.32 Å². The zero-order chi connectivity index (χ0) is 23.8. The van der Waals surface area contributed by atoms with E-state index in [-0.39, 0.29) is 17.4 Å². The number of rotatable bonds is 6. The lowest BCUT2D eigenvalue weighted by Gasteiger charge is -2.43. The van der Waals surface area contributed by atoms with Crippen molar-refractivity contribution in [3.8, 4) is 0 Å². The number of nitrogens with zero attached hydrogens (tertiary/aromatic N) is 4. The molecule has 1 saturated heterocycles. The lowest BCUT2D eigenvalue weighted by molar-refractivity contribution is -0.0175. The number of aromatic nitrogens is 4. The van der Waals surface area contributed by atoms with Crippen molar-refractivity contribution in [1.82, 2.24) is 19.5 Å². The second kappa shape index (κ2) is 8.94. The van der Waals surface area contributed by atoms with Crippen molar-refractivity contribution in [2.75, 3.05) is 12.3 Å². The van der Waals surface area contributed by atoms with Gasteiger partial charge < -0.3 is 14.9 Å². The highest BCUT2D eigenvalue weighted by molar-refractivity contribution is 6.99. The molecule has 3 heterocycles. The van der Waals surface area contributed by atoms with E-state index in [0.717, 1.165) is 12.8 Å². The molecule has 1 unspecified atom stereocenters. The van der Waals surface area contributed by atoms with Gasteiger partial charge in [0.15, 0.2) is 11.5 Å². The molecule has 2 aromatic heterocycles. The Balaban J connectivity index is 1.42. The van der Waals surface area contributed by atoms with Crippen LogP contribution in [-0.4, -0.2) is 40.5 Å². The average Bonchev–Trinajstić information content (AvgIpc) is 3.48. The smallest absolute Gasteiger partial charge is 0.261 e. The largest absolute Gasteiger partial charge is 0.405 e. The molecular formula is C26H31N5O2Si. The molecule has 0 amide bonds. The first-order valence-corrected chi connectivity index (χ1v) is 13.6. The molecule has 0 aliphatic carbocycles. The van der Waals surface area contributed by atoms with E-state index < -0.39 is 8.32 Å². The SMILES string of the molecule is CC(C)(C)[Si](OC[C@H]1CCC(n2cnc3c(N)ncnc32)O1)(c1ccccc1)c1ccccc1. The van der Waals surface area contributed by atoms with Crippen LogP contribution in [0.15, 0.2) is 73.3 Å². The van der Waals surface area contributed by atoms with Gasteiger partial charge in [-0.2, -0.15) is 0 Å². The third kappa shape index (κ3) is 3.91. The maximum absolute atomic E-state index is 7.07. The molecule has 0 radical (unpaired) electrons. The van der Waals surface area contributed by atoms with Crippen LogP contribution in [0.5, 0.6) is 0 Å². The number of nitrogen functional groups attached to an aromatic ring is 1. The minimum Gasteiger partial charge on any atom is -0.405 e. The van der Waals surface area contributed by atoms with Crippen LogP contribution in [0.2, 0.25) is 5.04 Å². The summed E-state index contributed by atoms with van der Waals surface area (Å²) in [5, 5.41) is 2.48. The second-order valence-corrected chi connectivity index (χ2v) is 14.2. The van der Waals surface area contributed by atoms with Crippen LogP contribution in [0, 0.1) is 0 Å². The lowest BCUT2D eigenvalue weighted by atomic mass is 10.2. The third-order valence-corrected chi connectivity index (χ3v) is 11.7. The van der Waals surface area contributed by atoms with Gasteiger partial charge in [-0.1, -0.05) is 81.4 Å². The Morgan fingerprint density at radius 2 is 1.62 bits per heavy atom. The highest BCUT2D eigenvalue weighted by atomic mass is 28.4. The van der Waals surface area contributed by atoms with Crippen molar-refractivity contribution < 1.29 is 9.16 Å². The lowest BCUT2D eigenvalue weighted by Crippen LogP contribution is -2.67. The Bertz CT molecular complexity index is 1220. The summed E-state index contributed by atoms with van der Waals surface area (Å²) in [6, 6.07) is 21.4. The predicted octanol–water partition coefficient (Wildman–Crippen LogP) is 3.66. The Kier molecular flexibility index (Phi) is 5.97. The van der Waals surface area contributed by atoms with E-state index in [2.05, 4.69) is 96.4 Å². The normalized spacial score (nSPS) is 19.0. The average molecular weight is 474 g/mol. The summed E-state index contributed by atoms with van der Waals surface area (Å²) in [6.07, 6.45) is 4.82. The monoisotopic (exact) mass is 473 g/mol. The maximum atomic E-state index is 7.07. The Morgan fingerprint density at radius 1 is 0.971 bits per heavy atom. The van der Waals surface area contributed by atoms with Gasteiger partial charge in [-0.25, -0.2) is 15.0 Å². The topological polar surface area (TPSA) is 88.1 Å². The van der Waals surface area contributed by atoms with Crippen LogP contribution in [0.1, 0.15) is 39.8 Å². The summed E-state index contributed by atoms with van der Waals surface area (Å²) in [5.74, 6) is 0.383. The fourth-order valence-corrected chi connectivity index (χ4v) is 9.67. The van der Waals surface area contributed by atoms with Gasteiger partial charge in [0.2, 0.25) is 0 Å². The van der Waals surface area contributed by atoms with E-state index in [1.165, 1.54) is 16.7 Å². The number of hydrogen-bond donors (Lipinski definition) is 1. The number of imidazole rings is 1. The minimum atomic E-state index is -2.59. The quantitative estimate of drug-likeness (QED) is 0.430. The van der Waals surface area contributed by atoms with Gasteiger partial charge in [-0.3, -0.25) is 4.57 Å². The van der Waals surface area contributed by atoms with E-state index in [1.54, 1.807) is 6.33 Å². The Labute approximate surface area is 201 Å². The summed E-state index contributed by atoms with van der Waals surface area (Å²) in [5.41, 5.74) is 7.27. The molecule has 1 fully saturated rings. The van der Waals surface area contributed by atoms with E-state index in [1.807, 2.05) is 4.57 Å². The van der Waals surface area contributed by atoms with Crippen molar-refractivity contribution in [3.05, 3.63) is 73.3 Å². The van der Waals surface area contributed by atoms with E-state index in [4.69, 9.17) is 14.9 Å². The molecule has 0 bridgehead atoms. The van der Waals surface area contributed by atoms with Gasteiger partial charge in [0, 0.05) is 0 Å². The van der Waals surface area contributed by atoms with Crippen LogP contribution >= 0.6 is 0 Å². The number of ether oxygens (including phenoxy) is 1. The van der Waals surface area contributed by atoms with E-state index >= 15 is 0 Å². The van der Waals surface area contributed by atoms with Crippen molar-refractivity contribution in [1.29, 1.82) is 0 Å². The molecule has 1 aliphatic rings. The molecule has 1 aliphatic heterocycles. The molecule has 176 valence electrons. The molecular weight excluding hydrogens is 442 g/mol. The van der Waals surface area contributed by atoms with Gasteiger partial charge >= 0.3 is 0 Å². The molecule has 2 aromatic carbocycles. The molecule has 7 nitrogen and oxygen atoms in total. The number of hydrogen-bond acceptors (Lipinski definition) is 6. The van der Waals surface area contributed by atoms with Crippen molar-refractivity contribution in [3.63, 3.8) is 0 Å². The van der Waals surface area contributed by atoms with Crippen LogP contribution < -0.4 is 16.1 Å². The Hall–Kier alpha value is -3.07. The molecule has 5 rings (SSSR count). The van der Waals surface area contributed by atoms with Crippen LogP contribution in [-0.2, 0) is 9.16 Å². The highest BCUT2D eigenvalue weighted by Gasteiger charge is 2.50. The second-order valence-electron chi connectivity index (χ2n) is 9.85. The molecule has 0 saturated carbocycles. The van der Waals surface area contributed by atoms with Crippen LogP contribution in [0.3, 0.4) is 0 Å². The molecule has 0 spiro atoms. The standard InChI is InChI=1S/C26H31N5O2Si/c1-26(2,3)34(20-10-6-4-7-11-20,21-12-8-5-9-13-21)32-16-19-14-15-22(33-19)31-18-30-23-24(27)28-17-29-25(23)31/h4-13,17-19,22H,14-16H2,1-3H3,(H2,27,28,29)/t19-,22?/m1/s1. The van der Waals surface area contributed by atoms with Crippen molar-refractivity contribution >= 4 is 35.7 Å². The first-order valence-electron chi connectivity index (χ1n) is 11.7. The van der Waals surface area contributed by atoms with Gasteiger partial charge in [0.1, 0.15) is 18.1 Å². The number of anilines is 1. The molecule has 2 N–H and O–H groups in total. The zero-order valence-electron chi connectivity index (χ0n) is 19.9. The fraction of sp³-hybridized carbons (Fsp3) is 0.346. The summed E-state index contributed by atoms with van der Waals surface area (Å²) >= 11 is 0. The first-order chi connectivity index (χ1) is 16.4. The van der Waals surface area contributed by atoms with Gasteiger partial charge in [0.05, 0.1) is 19.0 Å². The molecule has 4 aromatic rings. The summed E-state index contributed by atoms with van der Waals surface area (Å²) in [4.78, 5) is 12.8. The summed E-state index contributed by atoms with van der Waals surface area (Å²) in [6.45, 7) is 7.41. The maximum Gasteiger partial charge on any atom is 0.261 e. The zero-order valence-corrected chi connectivity index (χ0v) is 20.9. The van der Waals surface area contributed by atoms with Gasteiger partial charge in [-0.15, -0.1) is 0 Å². The van der Waals surface area contributed by atoms with E-state index in [0.29, 0.717) is 23.6 Å². The number of nitrogens with two attached hydrogens (primary N) is 1.